The van der Waals surface area contributed by atoms with Crippen molar-refractivity contribution in [3.8, 4) is 18.1 Å². The molecule has 2 rings (SSSR count). The van der Waals surface area contributed by atoms with Gasteiger partial charge in [0.25, 0.3) is 0 Å². The van der Waals surface area contributed by atoms with E-state index in [0.29, 0.717) is 0 Å². The molecule has 0 aromatic rings. The zero-order valence-corrected chi connectivity index (χ0v) is 29.2. The van der Waals surface area contributed by atoms with E-state index in [1.54, 1.807) is 0 Å². The zero-order chi connectivity index (χ0) is 21.0. The monoisotopic (exact) mass is 539 g/mol. The Kier molecular flexibility index (Phi) is 56.5. The molecule has 32 heavy (non-hydrogen) atoms. The van der Waals surface area contributed by atoms with Crippen molar-refractivity contribution < 1.29 is 142 Å². The number of nitrogens with zero attached hydrogens (tertiary/aromatic N) is 5. The summed E-state index contributed by atoms with van der Waals surface area (Å²) in [5.74, 6) is 1.25. The molecule has 2 N–H and O–H groups in total. The van der Waals surface area contributed by atoms with Crippen LogP contribution in [0.1, 0.15) is 65.2 Å². The summed E-state index contributed by atoms with van der Waals surface area (Å²) >= 11 is 0. The first-order valence-corrected chi connectivity index (χ1v) is 10.4. The van der Waals surface area contributed by atoms with Gasteiger partial charge in [0.1, 0.15) is 0 Å². The quantitative estimate of drug-likeness (QED) is 0.247. The molecule has 0 aromatic carbocycles. The minimum atomic E-state index is 0. The van der Waals surface area contributed by atoms with E-state index in [1.807, 2.05) is 0 Å². The van der Waals surface area contributed by atoms with E-state index < -0.39 is 0 Å². The number of quaternary nitrogens is 2. The Hall–Kier alpha value is 2.27. The van der Waals surface area contributed by atoms with Crippen LogP contribution in [0, 0.1) is 33.9 Å². The van der Waals surface area contributed by atoms with Crippen LogP contribution in [0.25, 0.3) is 0 Å². The van der Waals surface area contributed by atoms with Crippen molar-refractivity contribution in [2.45, 2.75) is 65.2 Å². The van der Waals surface area contributed by atoms with Crippen LogP contribution in [0.4, 0.5) is 0 Å². The molecular formula is C21H42BCl2K2N5O+. The fourth-order valence-corrected chi connectivity index (χ4v) is 3.72. The second-order valence-electron chi connectivity index (χ2n) is 8.05. The Morgan fingerprint density at radius 1 is 0.688 bits per heavy atom. The molecule has 0 aliphatic carbocycles. The van der Waals surface area contributed by atoms with Gasteiger partial charge in [0.2, 0.25) is 0 Å². The van der Waals surface area contributed by atoms with Gasteiger partial charge in [-0.3, -0.25) is 11.2 Å². The molecule has 2 aliphatic heterocycles. The van der Waals surface area contributed by atoms with E-state index in [4.69, 9.17) is 15.8 Å². The first-order valence-electron chi connectivity index (χ1n) is 10.4. The van der Waals surface area contributed by atoms with Gasteiger partial charge < -0.3 is 47.1 Å². The van der Waals surface area contributed by atoms with Crippen LogP contribution in [-0.2, 0) is 0 Å². The average Bonchev–Trinajstić information content (AvgIpc) is 3.29. The summed E-state index contributed by atoms with van der Waals surface area (Å²) in [5, 5.41) is 21.6. The van der Waals surface area contributed by atoms with Crippen molar-refractivity contribution in [3.63, 3.8) is 0 Å². The molecule has 0 bridgehead atoms. The SMILES string of the molecule is CCCC[N+]1(C)CCCC1.CCCC[N+]1(C)CCCC1.N#CC#N.O.[B-]C#N.[Cl-].[Cl-].[K+].[K+]. The van der Waals surface area contributed by atoms with Crippen molar-refractivity contribution in [2.75, 3.05) is 53.4 Å². The predicted molar refractivity (Wildman–Crippen MR) is 116 cm³/mol. The molecule has 0 spiro atoms. The summed E-state index contributed by atoms with van der Waals surface area (Å²) < 4.78 is 2.71. The van der Waals surface area contributed by atoms with Crippen molar-refractivity contribution in [3.05, 3.63) is 0 Å². The standard InChI is InChI=1S/2C9H20N.C2N2.CBN.2ClH.2K.H2O/c2*1-3-4-7-10(2)8-5-6-9-10;3-1-2-4;2-1-3;;;;;/h2*3-9H2,1-2H3;;;2*1H;;;1H2/q2*+1;;-1;;;2*+1;/p-2. The summed E-state index contributed by atoms with van der Waals surface area (Å²) in [4.78, 5) is 0. The Morgan fingerprint density at radius 2 is 0.906 bits per heavy atom. The first-order chi connectivity index (χ1) is 12.9. The largest absolute Gasteiger partial charge is 1.00 e. The van der Waals surface area contributed by atoms with Crippen LogP contribution >= 0.6 is 0 Å². The number of nitriles is 3. The van der Waals surface area contributed by atoms with Crippen LogP contribution in [0.2, 0.25) is 0 Å². The summed E-state index contributed by atoms with van der Waals surface area (Å²) in [6, 6.07) is 2.47. The Bertz CT molecular complexity index is 450. The maximum Gasteiger partial charge on any atom is 1.00 e. The summed E-state index contributed by atoms with van der Waals surface area (Å²) in [5.41, 5.74) is 0. The Morgan fingerprint density at radius 3 is 1.06 bits per heavy atom. The zero-order valence-electron chi connectivity index (χ0n) is 21.5. The van der Waals surface area contributed by atoms with Gasteiger partial charge in [0, 0.05) is 25.7 Å². The number of likely N-dealkylation sites (tertiary alicyclic amines) is 2. The van der Waals surface area contributed by atoms with Crippen molar-refractivity contribution >= 4 is 7.85 Å². The number of rotatable bonds is 6. The van der Waals surface area contributed by atoms with Gasteiger partial charge in [-0.1, -0.05) is 26.7 Å². The summed E-state index contributed by atoms with van der Waals surface area (Å²) in [6.07, 6.45) is 11.4. The van der Waals surface area contributed by atoms with Gasteiger partial charge >= 0.3 is 103 Å². The molecule has 2 aliphatic rings. The molecule has 6 nitrogen and oxygen atoms in total. The first kappa shape index (κ1) is 51.0. The second-order valence-corrected chi connectivity index (χ2v) is 8.05. The third kappa shape index (κ3) is 32.3. The molecule has 11 heteroatoms. The van der Waals surface area contributed by atoms with Crippen molar-refractivity contribution in [2.24, 2.45) is 0 Å². The third-order valence-corrected chi connectivity index (χ3v) is 5.44. The molecule has 0 atom stereocenters. The third-order valence-electron chi connectivity index (χ3n) is 5.44. The topological polar surface area (TPSA) is 103 Å². The summed E-state index contributed by atoms with van der Waals surface area (Å²) in [6.45, 7) is 13.1. The van der Waals surface area contributed by atoms with E-state index in [1.165, 1.54) is 118 Å². The van der Waals surface area contributed by atoms with Gasteiger partial charge in [0.15, 0.2) is 12.1 Å². The summed E-state index contributed by atoms with van der Waals surface area (Å²) in [7, 11) is 8.96. The van der Waals surface area contributed by atoms with Crippen LogP contribution < -0.4 is 128 Å². The normalized spacial score (nSPS) is 15.2. The molecule has 3 radical (unpaired) electrons. The van der Waals surface area contributed by atoms with Gasteiger partial charge in [-0.25, -0.2) is 0 Å². The van der Waals surface area contributed by atoms with E-state index in [0.717, 1.165) is 0 Å². The molecule has 0 amide bonds. The molecule has 2 fully saturated rings. The number of hydrogen-bond acceptors (Lipinski definition) is 3. The van der Waals surface area contributed by atoms with Gasteiger partial charge in [-0.05, 0) is 12.8 Å². The van der Waals surface area contributed by atoms with Crippen molar-refractivity contribution in [1.29, 1.82) is 15.8 Å². The van der Waals surface area contributed by atoms with Gasteiger partial charge in [0.05, 0.1) is 53.4 Å². The Labute approximate surface area is 297 Å². The fourth-order valence-electron chi connectivity index (χ4n) is 3.72. The van der Waals surface area contributed by atoms with Gasteiger partial charge in [-0.2, -0.15) is 10.5 Å². The molecule has 0 aromatic heterocycles. The maximum atomic E-state index is 7.26. The number of unbranched alkanes of at least 4 members (excludes halogenated alkanes) is 2. The fraction of sp³-hybridized carbons (Fsp3) is 0.857. The maximum absolute atomic E-state index is 7.26. The van der Waals surface area contributed by atoms with Crippen LogP contribution in [0.15, 0.2) is 0 Å². The van der Waals surface area contributed by atoms with Crippen molar-refractivity contribution in [1.82, 2.24) is 0 Å². The molecule has 0 unspecified atom stereocenters. The molecule has 2 saturated heterocycles. The van der Waals surface area contributed by atoms with Crippen LogP contribution in [0.3, 0.4) is 0 Å². The molecular weight excluding hydrogens is 498 g/mol. The van der Waals surface area contributed by atoms with Crippen LogP contribution in [0.5, 0.6) is 0 Å². The van der Waals surface area contributed by atoms with E-state index in [-0.39, 0.29) is 133 Å². The average molecular weight is 541 g/mol. The smallest absolute Gasteiger partial charge is 1.00 e. The van der Waals surface area contributed by atoms with E-state index in [2.05, 4.69) is 35.8 Å². The predicted octanol–water partition coefficient (Wildman–Crippen LogP) is -9.09. The number of halogens is 2. The number of hydrogen-bond donors (Lipinski definition) is 0. The van der Waals surface area contributed by atoms with E-state index in [9.17, 15) is 0 Å². The molecule has 0 saturated carbocycles. The van der Waals surface area contributed by atoms with E-state index >= 15 is 0 Å². The Balaban J connectivity index is -0.0000000543. The van der Waals surface area contributed by atoms with Crippen LogP contribution in [-0.4, -0.2) is 75.7 Å². The molecule has 175 valence electrons. The minimum Gasteiger partial charge on any atom is -1.00 e. The second kappa shape index (κ2) is 35.4. The van der Waals surface area contributed by atoms with Gasteiger partial charge in [-0.15, -0.1) is 0 Å². The molecule has 2 heterocycles. The minimum absolute atomic E-state index is 0.